The molecule has 1 saturated heterocycles. The van der Waals surface area contributed by atoms with Gasteiger partial charge in [-0.05, 0) is 57.4 Å². The Balaban J connectivity index is 1.48. The minimum absolute atomic E-state index is 0.0669. The standard InChI is InChI=1S/C25H30FNO6/c1-25(2,3)33-24(29)27-20(23(28)30-4)13-14-21-22(32-21)16-9-11-18(12-10-16)31-15-17-7-5-6-8-19(17)26/h5-12,20-22H,13-15H2,1-4H3,(H,27,29)/t20-,21?,22?/m0/s1. The van der Waals surface area contributed by atoms with Crippen molar-refractivity contribution in [2.45, 2.75) is 64.1 Å². The van der Waals surface area contributed by atoms with Gasteiger partial charge in [0.15, 0.2) is 0 Å². The van der Waals surface area contributed by atoms with Crippen LogP contribution in [0.15, 0.2) is 48.5 Å². The van der Waals surface area contributed by atoms with Gasteiger partial charge >= 0.3 is 12.1 Å². The maximum absolute atomic E-state index is 13.7. The monoisotopic (exact) mass is 459 g/mol. The first-order valence-electron chi connectivity index (χ1n) is 10.9. The third-order valence-electron chi connectivity index (χ3n) is 5.06. The van der Waals surface area contributed by atoms with Gasteiger partial charge in [0.05, 0.1) is 13.2 Å². The molecule has 0 aromatic heterocycles. The molecule has 2 aromatic rings. The van der Waals surface area contributed by atoms with Crippen LogP contribution in [0.1, 0.15) is 50.8 Å². The Labute approximate surface area is 193 Å². The second kappa shape index (κ2) is 10.7. The molecule has 3 rings (SSSR count). The summed E-state index contributed by atoms with van der Waals surface area (Å²) in [6.45, 7) is 5.39. The summed E-state index contributed by atoms with van der Waals surface area (Å²) in [6, 6.07) is 13.1. The fourth-order valence-electron chi connectivity index (χ4n) is 3.36. The van der Waals surface area contributed by atoms with Crippen molar-refractivity contribution in [1.29, 1.82) is 0 Å². The Morgan fingerprint density at radius 1 is 1.12 bits per heavy atom. The van der Waals surface area contributed by atoms with E-state index in [0.29, 0.717) is 24.2 Å². The lowest BCUT2D eigenvalue weighted by Crippen LogP contribution is -2.44. The first-order chi connectivity index (χ1) is 15.7. The minimum Gasteiger partial charge on any atom is -0.489 e. The van der Waals surface area contributed by atoms with Crippen LogP contribution in [-0.2, 0) is 25.6 Å². The average Bonchev–Trinajstić information content (AvgIpc) is 3.54. The summed E-state index contributed by atoms with van der Waals surface area (Å²) in [5, 5.41) is 2.57. The van der Waals surface area contributed by atoms with Crippen molar-refractivity contribution < 1.29 is 32.9 Å². The van der Waals surface area contributed by atoms with E-state index in [0.717, 1.165) is 5.56 Å². The van der Waals surface area contributed by atoms with Crippen LogP contribution >= 0.6 is 0 Å². The first kappa shape index (κ1) is 24.5. The highest BCUT2D eigenvalue weighted by Gasteiger charge is 2.40. The first-order valence-corrected chi connectivity index (χ1v) is 10.9. The SMILES string of the molecule is COC(=O)[C@H](CCC1OC1c1ccc(OCc2ccccc2F)cc1)NC(=O)OC(C)(C)C. The highest BCUT2D eigenvalue weighted by molar-refractivity contribution is 5.81. The lowest BCUT2D eigenvalue weighted by molar-refractivity contribution is -0.143. The van der Waals surface area contributed by atoms with Crippen molar-refractivity contribution in [2.75, 3.05) is 7.11 Å². The van der Waals surface area contributed by atoms with Crippen molar-refractivity contribution in [3.8, 4) is 5.75 Å². The molecule has 1 heterocycles. The summed E-state index contributed by atoms with van der Waals surface area (Å²) < 4.78 is 35.1. The van der Waals surface area contributed by atoms with E-state index in [1.165, 1.54) is 13.2 Å². The lowest BCUT2D eigenvalue weighted by atomic mass is 10.0. The molecule has 0 radical (unpaired) electrons. The number of hydrogen-bond acceptors (Lipinski definition) is 6. The molecule has 178 valence electrons. The lowest BCUT2D eigenvalue weighted by Gasteiger charge is -2.22. The van der Waals surface area contributed by atoms with E-state index in [2.05, 4.69) is 5.32 Å². The molecule has 0 saturated carbocycles. The van der Waals surface area contributed by atoms with Gasteiger partial charge in [0, 0.05) is 5.56 Å². The Morgan fingerprint density at radius 3 is 2.45 bits per heavy atom. The van der Waals surface area contributed by atoms with Crippen LogP contribution in [0, 0.1) is 5.82 Å². The molecule has 7 nitrogen and oxygen atoms in total. The molecule has 33 heavy (non-hydrogen) atoms. The van der Waals surface area contributed by atoms with Gasteiger partial charge in [-0.15, -0.1) is 0 Å². The highest BCUT2D eigenvalue weighted by Crippen LogP contribution is 2.42. The summed E-state index contributed by atoms with van der Waals surface area (Å²) in [5.74, 6) is -0.198. The zero-order valence-electron chi connectivity index (χ0n) is 19.3. The normalized spacial score (nSPS) is 18.2. The third-order valence-corrected chi connectivity index (χ3v) is 5.06. The van der Waals surface area contributed by atoms with E-state index in [1.54, 1.807) is 39.0 Å². The Morgan fingerprint density at radius 2 is 1.82 bits per heavy atom. The quantitative estimate of drug-likeness (QED) is 0.432. The summed E-state index contributed by atoms with van der Waals surface area (Å²) in [6.07, 6.45) is 0.0910. The van der Waals surface area contributed by atoms with Crippen LogP contribution in [0.25, 0.3) is 0 Å². The number of nitrogens with one attached hydrogen (secondary N) is 1. The molecule has 1 aliphatic heterocycles. The molecule has 1 fully saturated rings. The molecule has 1 N–H and O–H groups in total. The molecular formula is C25H30FNO6. The number of carbonyl (C=O) groups excluding carboxylic acids is 2. The predicted octanol–water partition coefficient (Wildman–Crippen LogP) is 4.69. The molecule has 0 bridgehead atoms. The van der Waals surface area contributed by atoms with Crippen LogP contribution in [0.4, 0.5) is 9.18 Å². The predicted molar refractivity (Wildman–Crippen MR) is 119 cm³/mol. The molecule has 3 atom stereocenters. The van der Waals surface area contributed by atoms with E-state index >= 15 is 0 Å². The van der Waals surface area contributed by atoms with E-state index in [-0.39, 0.29) is 24.6 Å². The van der Waals surface area contributed by atoms with E-state index < -0.39 is 23.7 Å². The van der Waals surface area contributed by atoms with Crippen LogP contribution in [0.3, 0.4) is 0 Å². The summed E-state index contributed by atoms with van der Waals surface area (Å²) in [5.41, 5.74) is 0.806. The van der Waals surface area contributed by atoms with Crippen LogP contribution < -0.4 is 10.1 Å². The van der Waals surface area contributed by atoms with Crippen LogP contribution in [0.5, 0.6) is 5.75 Å². The van der Waals surface area contributed by atoms with Gasteiger partial charge in [0.1, 0.15) is 35.9 Å². The average molecular weight is 460 g/mol. The summed E-state index contributed by atoms with van der Waals surface area (Å²) in [7, 11) is 1.28. The number of benzene rings is 2. The number of methoxy groups -OCH3 is 1. The van der Waals surface area contributed by atoms with Crippen LogP contribution in [0.2, 0.25) is 0 Å². The van der Waals surface area contributed by atoms with Gasteiger partial charge < -0.3 is 24.3 Å². The van der Waals surface area contributed by atoms with Gasteiger partial charge in [-0.2, -0.15) is 0 Å². The fourth-order valence-corrected chi connectivity index (χ4v) is 3.36. The smallest absolute Gasteiger partial charge is 0.408 e. The number of rotatable bonds is 9. The van der Waals surface area contributed by atoms with Crippen molar-refractivity contribution in [3.05, 3.63) is 65.5 Å². The number of halogens is 1. The van der Waals surface area contributed by atoms with Gasteiger partial charge in [0.2, 0.25) is 0 Å². The zero-order valence-corrected chi connectivity index (χ0v) is 19.3. The zero-order chi connectivity index (χ0) is 24.0. The van der Waals surface area contributed by atoms with Crippen molar-refractivity contribution >= 4 is 12.1 Å². The van der Waals surface area contributed by atoms with Crippen molar-refractivity contribution in [1.82, 2.24) is 5.32 Å². The number of ether oxygens (including phenoxy) is 4. The van der Waals surface area contributed by atoms with Crippen molar-refractivity contribution in [2.24, 2.45) is 0 Å². The van der Waals surface area contributed by atoms with Crippen LogP contribution in [-0.4, -0.2) is 36.9 Å². The number of hydrogen-bond donors (Lipinski definition) is 1. The van der Waals surface area contributed by atoms with E-state index in [1.807, 2.05) is 24.3 Å². The maximum Gasteiger partial charge on any atom is 0.408 e. The molecule has 0 spiro atoms. The molecule has 1 aliphatic rings. The number of amides is 1. The highest BCUT2D eigenvalue weighted by atomic mass is 19.1. The van der Waals surface area contributed by atoms with E-state index in [9.17, 15) is 14.0 Å². The molecule has 1 amide bonds. The molecule has 2 aromatic carbocycles. The third kappa shape index (κ3) is 7.46. The number of epoxide rings is 1. The Hall–Kier alpha value is -3.13. The minimum atomic E-state index is -0.816. The molecular weight excluding hydrogens is 429 g/mol. The van der Waals surface area contributed by atoms with Gasteiger partial charge in [-0.3, -0.25) is 0 Å². The number of carbonyl (C=O) groups is 2. The largest absolute Gasteiger partial charge is 0.489 e. The summed E-state index contributed by atoms with van der Waals surface area (Å²) in [4.78, 5) is 24.1. The topological polar surface area (TPSA) is 86.4 Å². The van der Waals surface area contributed by atoms with E-state index in [4.69, 9.17) is 18.9 Å². The molecule has 0 aliphatic carbocycles. The second-order valence-electron chi connectivity index (χ2n) is 8.84. The van der Waals surface area contributed by atoms with Crippen molar-refractivity contribution in [3.63, 3.8) is 0 Å². The number of alkyl carbamates (subject to hydrolysis) is 1. The number of esters is 1. The van der Waals surface area contributed by atoms with Gasteiger partial charge in [-0.25, -0.2) is 14.0 Å². The Bertz CT molecular complexity index is 956. The second-order valence-corrected chi connectivity index (χ2v) is 8.84. The fraction of sp³-hybridized carbons (Fsp3) is 0.440. The molecule has 8 heteroatoms. The summed E-state index contributed by atoms with van der Waals surface area (Å²) >= 11 is 0. The Kier molecular flexibility index (Phi) is 7.92. The maximum atomic E-state index is 13.7. The van der Waals surface area contributed by atoms with Gasteiger partial charge in [0.25, 0.3) is 0 Å². The van der Waals surface area contributed by atoms with Gasteiger partial charge in [-0.1, -0.05) is 30.3 Å². The molecule has 2 unspecified atom stereocenters.